The van der Waals surface area contributed by atoms with Gasteiger partial charge in [-0.15, -0.1) is 0 Å². The number of rotatable bonds is 3. The van der Waals surface area contributed by atoms with Crippen molar-refractivity contribution >= 4 is 11.8 Å². The molecule has 0 unspecified atom stereocenters. The van der Waals surface area contributed by atoms with Gasteiger partial charge in [-0.1, -0.05) is 13.3 Å². The summed E-state index contributed by atoms with van der Waals surface area (Å²) in [6, 6.07) is 1.84. The van der Waals surface area contributed by atoms with Crippen LogP contribution in [-0.4, -0.2) is 35.3 Å². The Kier molecular flexibility index (Phi) is 3.88. The van der Waals surface area contributed by atoms with Gasteiger partial charge in [-0.3, -0.25) is 9.59 Å². The van der Waals surface area contributed by atoms with Crippen LogP contribution in [0, 0.1) is 11.3 Å². The second-order valence-electron chi connectivity index (χ2n) is 4.16. The quantitative estimate of drug-likeness (QED) is 0.753. The van der Waals surface area contributed by atoms with E-state index in [0.29, 0.717) is 19.5 Å². The topological polar surface area (TPSA) is 73.2 Å². The van der Waals surface area contributed by atoms with Crippen LogP contribution in [0.25, 0.3) is 0 Å². The van der Waals surface area contributed by atoms with Gasteiger partial charge in [0.15, 0.2) is 0 Å². The van der Waals surface area contributed by atoms with Gasteiger partial charge in [0.2, 0.25) is 11.8 Å². The molecule has 0 spiro atoms. The average Bonchev–Trinajstić information content (AvgIpc) is 2.23. The molecule has 1 atom stereocenters. The molecule has 2 amide bonds. The highest BCUT2D eigenvalue weighted by molar-refractivity contribution is 5.92. The number of hydrogen-bond donors (Lipinski definition) is 1. The summed E-state index contributed by atoms with van der Waals surface area (Å²) in [5, 5.41) is 11.3. The zero-order chi connectivity index (χ0) is 12.2. The van der Waals surface area contributed by atoms with E-state index in [1.54, 1.807) is 11.8 Å². The van der Waals surface area contributed by atoms with Crippen molar-refractivity contribution in [3.05, 3.63) is 0 Å². The molecule has 0 saturated carbocycles. The zero-order valence-corrected chi connectivity index (χ0v) is 9.75. The second kappa shape index (κ2) is 4.97. The van der Waals surface area contributed by atoms with Gasteiger partial charge >= 0.3 is 0 Å². The first-order chi connectivity index (χ1) is 7.56. The van der Waals surface area contributed by atoms with Crippen molar-refractivity contribution in [3.8, 4) is 6.07 Å². The molecule has 1 N–H and O–H groups in total. The Labute approximate surface area is 95.4 Å². The van der Waals surface area contributed by atoms with E-state index in [-0.39, 0.29) is 18.2 Å². The van der Waals surface area contributed by atoms with Crippen LogP contribution in [0.3, 0.4) is 0 Å². The largest absolute Gasteiger partial charge is 0.352 e. The van der Waals surface area contributed by atoms with Crippen LogP contribution in [0.15, 0.2) is 0 Å². The lowest BCUT2D eigenvalue weighted by atomic mass is 9.90. The molecule has 0 aliphatic carbocycles. The second-order valence-corrected chi connectivity index (χ2v) is 4.16. The Balaban J connectivity index is 2.91. The van der Waals surface area contributed by atoms with Gasteiger partial charge in [-0.05, 0) is 13.3 Å². The molecule has 1 saturated heterocycles. The van der Waals surface area contributed by atoms with E-state index in [2.05, 4.69) is 5.32 Å². The Morgan fingerprint density at radius 2 is 2.38 bits per heavy atom. The van der Waals surface area contributed by atoms with Gasteiger partial charge in [0.1, 0.15) is 12.0 Å². The molecule has 0 radical (unpaired) electrons. The predicted octanol–water partition coefficient (Wildman–Crippen LogP) is 0.417. The summed E-state index contributed by atoms with van der Waals surface area (Å²) in [7, 11) is 0. The molecule has 88 valence electrons. The number of piperazine rings is 1. The van der Waals surface area contributed by atoms with E-state index in [0.717, 1.165) is 6.42 Å². The van der Waals surface area contributed by atoms with Crippen molar-refractivity contribution in [1.82, 2.24) is 10.2 Å². The van der Waals surface area contributed by atoms with Crippen molar-refractivity contribution < 1.29 is 9.59 Å². The first-order valence-electron chi connectivity index (χ1n) is 5.52. The van der Waals surface area contributed by atoms with Gasteiger partial charge in [0, 0.05) is 13.1 Å². The first-order valence-corrected chi connectivity index (χ1v) is 5.52. The number of hydrogen-bond acceptors (Lipinski definition) is 3. The van der Waals surface area contributed by atoms with Crippen LogP contribution in [-0.2, 0) is 9.59 Å². The lowest BCUT2D eigenvalue weighted by Gasteiger charge is -2.43. The van der Waals surface area contributed by atoms with Gasteiger partial charge in [0.25, 0.3) is 0 Å². The highest BCUT2D eigenvalue weighted by Crippen LogP contribution is 2.24. The summed E-state index contributed by atoms with van der Waals surface area (Å²) in [5.41, 5.74) is -0.791. The lowest BCUT2D eigenvalue weighted by Crippen LogP contribution is -2.64. The molecule has 1 rings (SSSR count). The first kappa shape index (κ1) is 12.5. The van der Waals surface area contributed by atoms with E-state index < -0.39 is 5.54 Å². The van der Waals surface area contributed by atoms with E-state index in [9.17, 15) is 9.59 Å². The van der Waals surface area contributed by atoms with Crippen molar-refractivity contribution in [3.63, 3.8) is 0 Å². The molecule has 16 heavy (non-hydrogen) atoms. The Morgan fingerprint density at radius 1 is 1.69 bits per heavy atom. The van der Waals surface area contributed by atoms with Crippen LogP contribution in [0.2, 0.25) is 0 Å². The molecular formula is C11H17N3O2. The number of nitrogens with one attached hydrogen (secondary N) is 1. The number of nitrogens with zero attached hydrogens (tertiary/aromatic N) is 2. The molecule has 0 bridgehead atoms. The zero-order valence-electron chi connectivity index (χ0n) is 9.75. The van der Waals surface area contributed by atoms with Crippen LogP contribution >= 0.6 is 0 Å². The fraction of sp³-hybridized carbons (Fsp3) is 0.727. The Hall–Kier alpha value is -1.57. The average molecular weight is 223 g/mol. The summed E-state index contributed by atoms with van der Waals surface area (Å²) < 4.78 is 0. The minimum Gasteiger partial charge on any atom is -0.352 e. The Bertz CT molecular complexity index is 335. The van der Waals surface area contributed by atoms with Crippen LogP contribution in [0.5, 0.6) is 0 Å². The van der Waals surface area contributed by atoms with Crippen LogP contribution in [0.1, 0.15) is 33.1 Å². The fourth-order valence-electron chi connectivity index (χ4n) is 2.14. The molecule has 0 aromatic heterocycles. The van der Waals surface area contributed by atoms with Gasteiger partial charge in [-0.2, -0.15) is 5.26 Å². The summed E-state index contributed by atoms with van der Waals surface area (Å²) in [6.07, 6.45) is 1.28. The van der Waals surface area contributed by atoms with E-state index in [1.807, 2.05) is 13.0 Å². The van der Waals surface area contributed by atoms with Crippen molar-refractivity contribution in [2.45, 2.75) is 38.6 Å². The molecular weight excluding hydrogens is 206 g/mol. The molecule has 0 aromatic rings. The summed E-state index contributed by atoms with van der Waals surface area (Å²) in [5.74, 6) is -0.375. The lowest BCUT2D eigenvalue weighted by molar-refractivity contribution is -0.150. The Morgan fingerprint density at radius 3 is 2.94 bits per heavy atom. The molecule has 1 aliphatic rings. The predicted molar refractivity (Wildman–Crippen MR) is 58.3 cm³/mol. The van der Waals surface area contributed by atoms with E-state index in [1.165, 1.54) is 0 Å². The molecule has 5 nitrogen and oxygen atoms in total. The number of carbonyl (C=O) groups excluding carboxylic acids is 2. The third-order valence-electron chi connectivity index (χ3n) is 2.97. The van der Waals surface area contributed by atoms with Gasteiger partial charge < -0.3 is 10.2 Å². The van der Waals surface area contributed by atoms with Crippen molar-refractivity contribution in [1.29, 1.82) is 5.26 Å². The summed E-state index contributed by atoms with van der Waals surface area (Å²) in [6.45, 7) is 4.69. The van der Waals surface area contributed by atoms with Crippen LogP contribution in [0.4, 0.5) is 0 Å². The molecule has 1 heterocycles. The maximum absolute atomic E-state index is 11.8. The van der Waals surface area contributed by atoms with Crippen molar-refractivity contribution in [2.75, 3.05) is 13.1 Å². The van der Waals surface area contributed by atoms with Gasteiger partial charge in [0.05, 0.1) is 6.07 Å². The van der Waals surface area contributed by atoms with Crippen LogP contribution < -0.4 is 5.32 Å². The third-order valence-corrected chi connectivity index (χ3v) is 2.97. The molecule has 0 aromatic carbocycles. The third kappa shape index (κ3) is 2.16. The molecule has 1 aliphatic heterocycles. The van der Waals surface area contributed by atoms with Crippen molar-refractivity contribution in [2.24, 2.45) is 0 Å². The maximum Gasteiger partial charge on any atom is 0.245 e. The summed E-state index contributed by atoms with van der Waals surface area (Å²) >= 11 is 0. The number of amides is 2. The standard InChI is InChI=1S/C11H17N3O2/c1-3-5-11(2)10(16)13-7-8-14(11)9(15)4-6-12/h3-5,7-8H2,1-2H3,(H,13,16)/t11-/m1/s1. The minimum absolute atomic E-state index is 0.119. The normalized spacial score (nSPS) is 24.8. The van der Waals surface area contributed by atoms with E-state index in [4.69, 9.17) is 5.26 Å². The smallest absolute Gasteiger partial charge is 0.245 e. The highest BCUT2D eigenvalue weighted by Gasteiger charge is 2.43. The van der Waals surface area contributed by atoms with Gasteiger partial charge in [-0.25, -0.2) is 0 Å². The maximum atomic E-state index is 11.8. The number of carbonyl (C=O) groups is 2. The molecule has 1 fully saturated rings. The fourth-order valence-corrected chi connectivity index (χ4v) is 2.14. The van der Waals surface area contributed by atoms with E-state index >= 15 is 0 Å². The summed E-state index contributed by atoms with van der Waals surface area (Å²) in [4.78, 5) is 25.1. The minimum atomic E-state index is -0.791. The monoisotopic (exact) mass is 223 g/mol. The molecule has 5 heteroatoms. The highest BCUT2D eigenvalue weighted by atomic mass is 16.2. The number of nitriles is 1. The SMILES string of the molecule is CCC[C@]1(C)C(=O)NCCN1C(=O)CC#N.